The molecule has 0 heterocycles. The molecule has 0 bridgehead atoms. The minimum Gasteiger partial charge on any atom is -0.282 e. The van der Waals surface area contributed by atoms with Crippen molar-refractivity contribution in [2.75, 3.05) is 0 Å². The number of hydrogen-bond acceptors (Lipinski definition) is 2. The van der Waals surface area contributed by atoms with E-state index in [1.807, 2.05) is 0 Å². The Morgan fingerprint density at radius 1 is 0.618 bits per heavy atom. The molecule has 0 aliphatic heterocycles. The van der Waals surface area contributed by atoms with E-state index in [2.05, 4.69) is 33.8 Å². The van der Waals surface area contributed by atoms with Crippen molar-refractivity contribution >= 4 is 10.1 Å². The molecule has 1 rings (SSSR count). The first-order chi connectivity index (χ1) is 16.2. The maximum Gasteiger partial charge on any atom is 0.294 e. The van der Waals surface area contributed by atoms with Crippen molar-refractivity contribution in [1.82, 2.24) is 0 Å². The molecule has 198 valence electrons. The fourth-order valence-electron chi connectivity index (χ4n) is 4.86. The van der Waals surface area contributed by atoms with Gasteiger partial charge in [0.2, 0.25) is 0 Å². The number of unbranched alkanes of at least 4 members (excludes halogenated alkanes) is 12. The minimum atomic E-state index is -4.18. The van der Waals surface area contributed by atoms with E-state index in [4.69, 9.17) is 0 Å². The van der Waals surface area contributed by atoms with Gasteiger partial charge in [0, 0.05) is 0 Å². The van der Waals surface area contributed by atoms with Crippen molar-refractivity contribution in [3.63, 3.8) is 0 Å². The standard InChI is InChI=1S/C30H54O3S/c1-26(2)20-15-11-7-5-9-13-17-22-28-23-19-25-30(34(31,32)33)29(28)24-18-14-10-6-8-12-16-21-27(3)4/h19,23,25-27H,5-18,20-22,24H2,1-4H3,(H,31,32,33). The van der Waals surface area contributed by atoms with Gasteiger partial charge in [0.1, 0.15) is 0 Å². The zero-order valence-corrected chi connectivity index (χ0v) is 23.6. The van der Waals surface area contributed by atoms with Crippen LogP contribution in [0.15, 0.2) is 23.1 Å². The second kappa shape index (κ2) is 18.4. The third-order valence-electron chi connectivity index (χ3n) is 6.94. The highest BCUT2D eigenvalue weighted by Gasteiger charge is 2.17. The summed E-state index contributed by atoms with van der Waals surface area (Å²) in [5.74, 6) is 1.61. The van der Waals surface area contributed by atoms with Gasteiger partial charge in [-0.25, -0.2) is 0 Å². The van der Waals surface area contributed by atoms with Gasteiger partial charge in [-0.05, 0) is 54.7 Å². The normalized spacial score (nSPS) is 12.2. The highest BCUT2D eigenvalue weighted by molar-refractivity contribution is 7.85. The third kappa shape index (κ3) is 15.2. The van der Waals surface area contributed by atoms with Crippen molar-refractivity contribution in [2.45, 2.75) is 148 Å². The lowest BCUT2D eigenvalue weighted by molar-refractivity contribution is 0.481. The summed E-state index contributed by atoms with van der Waals surface area (Å²) in [5, 5.41) is 0. The van der Waals surface area contributed by atoms with Gasteiger partial charge in [-0.15, -0.1) is 0 Å². The van der Waals surface area contributed by atoms with Crippen LogP contribution in [-0.2, 0) is 23.0 Å². The Morgan fingerprint density at radius 2 is 1.03 bits per heavy atom. The van der Waals surface area contributed by atoms with Gasteiger partial charge in [-0.1, -0.05) is 130 Å². The van der Waals surface area contributed by atoms with Gasteiger partial charge in [0.05, 0.1) is 4.90 Å². The molecule has 0 fully saturated rings. The van der Waals surface area contributed by atoms with Crippen molar-refractivity contribution in [3.05, 3.63) is 29.3 Å². The molecule has 1 aromatic carbocycles. The van der Waals surface area contributed by atoms with E-state index < -0.39 is 10.1 Å². The van der Waals surface area contributed by atoms with Gasteiger partial charge < -0.3 is 0 Å². The van der Waals surface area contributed by atoms with Crippen LogP contribution in [0.2, 0.25) is 0 Å². The maximum atomic E-state index is 12.0. The average molecular weight is 495 g/mol. The Labute approximate surface area is 212 Å². The van der Waals surface area contributed by atoms with Crippen LogP contribution in [0.4, 0.5) is 0 Å². The van der Waals surface area contributed by atoms with Gasteiger partial charge in [0.25, 0.3) is 10.1 Å². The molecule has 0 aliphatic carbocycles. The molecule has 0 amide bonds. The molecule has 0 aliphatic rings. The molecule has 0 atom stereocenters. The molecule has 0 aromatic heterocycles. The Morgan fingerprint density at radius 3 is 1.47 bits per heavy atom. The molecule has 0 saturated heterocycles. The monoisotopic (exact) mass is 494 g/mol. The van der Waals surface area contributed by atoms with E-state index >= 15 is 0 Å². The summed E-state index contributed by atoms with van der Waals surface area (Å²) in [5.41, 5.74) is 1.97. The summed E-state index contributed by atoms with van der Waals surface area (Å²) < 4.78 is 33.8. The van der Waals surface area contributed by atoms with Crippen LogP contribution >= 0.6 is 0 Å². The number of aryl methyl sites for hydroxylation is 1. The zero-order valence-electron chi connectivity index (χ0n) is 22.8. The van der Waals surface area contributed by atoms with Crippen molar-refractivity contribution < 1.29 is 13.0 Å². The molecule has 34 heavy (non-hydrogen) atoms. The number of hydrogen-bond donors (Lipinski definition) is 1. The van der Waals surface area contributed by atoms with Gasteiger partial charge in [-0.2, -0.15) is 8.42 Å². The predicted molar refractivity (Wildman–Crippen MR) is 147 cm³/mol. The molecular formula is C30H54O3S. The summed E-state index contributed by atoms with van der Waals surface area (Å²) in [4.78, 5) is 0.129. The Balaban J connectivity index is 2.40. The Kier molecular flexibility index (Phi) is 16.9. The van der Waals surface area contributed by atoms with Crippen LogP contribution in [0.25, 0.3) is 0 Å². The Bertz CT molecular complexity index is 737. The molecule has 1 N–H and O–H groups in total. The highest BCUT2D eigenvalue weighted by Crippen LogP contribution is 2.25. The number of benzene rings is 1. The van der Waals surface area contributed by atoms with E-state index in [1.54, 1.807) is 12.1 Å². The van der Waals surface area contributed by atoms with E-state index in [9.17, 15) is 13.0 Å². The molecule has 4 heteroatoms. The molecule has 1 aromatic rings. The van der Waals surface area contributed by atoms with Gasteiger partial charge in [0.15, 0.2) is 0 Å². The molecular weight excluding hydrogens is 440 g/mol. The van der Waals surface area contributed by atoms with Crippen molar-refractivity contribution in [1.29, 1.82) is 0 Å². The largest absolute Gasteiger partial charge is 0.294 e. The average Bonchev–Trinajstić information content (AvgIpc) is 2.76. The zero-order chi connectivity index (χ0) is 25.2. The van der Waals surface area contributed by atoms with Gasteiger partial charge in [-0.3, -0.25) is 4.55 Å². The summed E-state index contributed by atoms with van der Waals surface area (Å²) in [6, 6.07) is 5.42. The Hall–Kier alpha value is -0.870. The SMILES string of the molecule is CC(C)CCCCCCCCCc1cccc(S(=O)(=O)O)c1CCCCCCCCCC(C)C. The summed E-state index contributed by atoms with van der Waals surface area (Å²) in [6.07, 6.45) is 21.7. The summed E-state index contributed by atoms with van der Waals surface area (Å²) in [6.45, 7) is 9.16. The van der Waals surface area contributed by atoms with Crippen LogP contribution in [0.5, 0.6) is 0 Å². The smallest absolute Gasteiger partial charge is 0.282 e. The highest BCUT2D eigenvalue weighted by atomic mass is 32.2. The molecule has 0 saturated carbocycles. The second-order valence-electron chi connectivity index (χ2n) is 11.2. The first-order valence-electron chi connectivity index (χ1n) is 14.3. The van der Waals surface area contributed by atoms with E-state index in [0.29, 0.717) is 0 Å². The lowest BCUT2D eigenvalue weighted by Gasteiger charge is -2.14. The summed E-state index contributed by atoms with van der Waals surface area (Å²) >= 11 is 0. The first kappa shape index (κ1) is 31.2. The van der Waals surface area contributed by atoms with E-state index in [0.717, 1.165) is 55.1 Å². The minimum absolute atomic E-state index is 0.129. The fraction of sp³-hybridized carbons (Fsp3) is 0.800. The lowest BCUT2D eigenvalue weighted by atomic mass is 9.96. The van der Waals surface area contributed by atoms with Gasteiger partial charge >= 0.3 is 0 Å². The molecule has 3 nitrogen and oxygen atoms in total. The van der Waals surface area contributed by atoms with Crippen LogP contribution in [0, 0.1) is 11.8 Å². The number of rotatable bonds is 21. The fourth-order valence-corrected chi connectivity index (χ4v) is 5.66. The first-order valence-corrected chi connectivity index (χ1v) is 15.7. The van der Waals surface area contributed by atoms with Crippen LogP contribution in [0.1, 0.15) is 142 Å². The maximum absolute atomic E-state index is 12.0. The van der Waals surface area contributed by atoms with Crippen molar-refractivity contribution in [2.24, 2.45) is 11.8 Å². The quantitative estimate of drug-likeness (QED) is 0.137. The predicted octanol–water partition coefficient (Wildman–Crippen LogP) is 9.57. The van der Waals surface area contributed by atoms with Crippen LogP contribution in [-0.4, -0.2) is 13.0 Å². The molecule has 0 spiro atoms. The van der Waals surface area contributed by atoms with Crippen LogP contribution in [0.3, 0.4) is 0 Å². The van der Waals surface area contributed by atoms with Crippen LogP contribution < -0.4 is 0 Å². The topological polar surface area (TPSA) is 54.4 Å². The van der Waals surface area contributed by atoms with E-state index in [1.165, 1.54) is 83.5 Å². The van der Waals surface area contributed by atoms with E-state index in [-0.39, 0.29) is 4.90 Å². The summed E-state index contributed by atoms with van der Waals surface area (Å²) in [7, 11) is -4.18. The lowest BCUT2D eigenvalue weighted by Crippen LogP contribution is -2.07. The molecule has 0 radical (unpaired) electrons. The molecule has 0 unspecified atom stereocenters. The second-order valence-corrected chi connectivity index (χ2v) is 12.6. The third-order valence-corrected chi connectivity index (χ3v) is 7.88. The van der Waals surface area contributed by atoms with Crippen molar-refractivity contribution in [3.8, 4) is 0 Å².